The summed E-state index contributed by atoms with van der Waals surface area (Å²) >= 11 is 0. The van der Waals surface area contributed by atoms with Gasteiger partial charge in [0.05, 0.1) is 12.7 Å². The largest absolute Gasteiger partial charge is 0.411 e. The fraction of sp³-hybridized carbons (Fsp3) is 0.385. The van der Waals surface area contributed by atoms with E-state index in [4.69, 9.17) is 9.47 Å². The predicted molar refractivity (Wildman–Crippen MR) is 63.7 cm³/mol. The molecular weight excluding hydrogens is 218 g/mol. The van der Waals surface area contributed by atoms with Crippen molar-refractivity contribution in [1.29, 1.82) is 0 Å². The van der Waals surface area contributed by atoms with Crippen molar-refractivity contribution in [3.8, 4) is 0 Å². The van der Waals surface area contributed by atoms with E-state index < -0.39 is 6.04 Å². The van der Waals surface area contributed by atoms with Crippen LogP contribution in [0.25, 0.3) is 0 Å². The molecule has 1 aliphatic heterocycles. The van der Waals surface area contributed by atoms with Crippen LogP contribution in [0.1, 0.15) is 19.4 Å². The molecule has 1 aliphatic rings. The number of cyclic esters (lactones) is 1. The lowest BCUT2D eigenvalue weighted by Gasteiger charge is -2.14. The molecule has 0 bridgehead atoms. The first kappa shape index (κ1) is 11.8. The quantitative estimate of drug-likeness (QED) is 0.747. The van der Waals surface area contributed by atoms with Crippen LogP contribution in [0.3, 0.4) is 0 Å². The fourth-order valence-corrected chi connectivity index (χ4v) is 1.67. The Hall–Kier alpha value is -1.68. The molecule has 0 radical (unpaired) electrons. The highest BCUT2D eigenvalue weighted by atomic mass is 16.6. The summed E-state index contributed by atoms with van der Waals surface area (Å²) in [5.74, 6) is 0.0817. The van der Waals surface area contributed by atoms with Crippen molar-refractivity contribution in [3.63, 3.8) is 0 Å². The monoisotopic (exact) mass is 233 g/mol. The van der Waals surface area contributed by atoms with Gasteiger partial charge in [0.1, 0.15) is 0 Å². The number of benzene rings is 1. The average molecular weight is 233 g/mol. The van der Waals surface area contributed by atoms with Gasteiger partial charge in [-0.15, -0.1) is 0 Å². The Balaban J connectivity index is 1.90. The zero-order chi connectivity index (χ0) is 12.3. The molecule has 0 aliphatic carbocycles. The molecule has 0 fully saturated rings. The Labute approximate surface area is 100 Å². The number of hydrogen-bond donors (Lipinski definition) is 0. The minimum Gasteiger partial charge on any atom is -0.411 e. The molecule has 1 aromatic carbocycles. The van der Waals surface area contributed by atoms with E-state index in [1.165, 1.54) is 0 Å². The standard InChI is InChI=1S/C13H15NO3/c1-9(12-13(15)17-10(2)14-12)16-8-11-6-4-3-5-7-11/h3-7,9,12H,8H2,1-2H3/t9-,12?/m0/s1. The minimum absolute atomic E-state index is 0.278. The number of aliphatic imine (C=N–C) groups is 1. The normalized spacial score (nSPS) is 20.9. The van der Waals surface area contributed by atoms with Gasteiger partial charge in [-0.25, -0.2) is 9.79 Å². The molecule has 4 heteroatoms. The van der Waals surface area contributed by atoms with Crippen molar-refractivity contribution >= 4 is 11.9 Å². The smallest absolute Gasteiger partial charge is 0.340 e. The van der Waals surface area contributed by atoms with E-state index in [2.05, 4.69) is 4.99 Å². The van der Waals surface area contributed by atoms with Crippen molar-refractivity contribution in [3.05, 3.63) is 35.9 Å². The molecule has 0 amide bonds. The number of hydrogen-bond acceptors (Lipinski definition) is 4. The molecular formula is C13H15NO3. The minimum atomic E-state index is -0.529. The molecule has 0 saturated carbocycles. The summed E-state index contributed by atoms with van der Waals surface area (Å²) in [5.41, 5.74) is 1.08. The third-order valence-corrected chi connectivity index (χ3v) is 2.61. The highest BCUT2D eigenvalue weighted by molar-refractivity contribution is 5.96. The molecule has 1 heterocycles. The molecule has 90 valence electrons. The van der Waals surface area contributed by atoms with Gasteiger partial charge in [0.25, 0.3) is 0 Å². The van der Waals surface area contributed by atoms with Crippen molar-refractivity contribution < 1.29 is 14.3 Å². The molecule has 1 unspecified atom stereocenters. The fourth-order valence-electron chi connectivity index (χ4n) is 1.67. The van der Waals surface area contributed by atoms with Crippen LogP contribution in [0, 0.1) is 0 Å². The van der Waals surface area contributed by atoms with Crippen LogP contribution in [0.4, 0.5) is 0 Å². The van der Waals surface area contributed by atoms with Gasteiger partial charge in [0.2, 0.25) is 0 Å². The second-order valence-corrected chi connectivity index (χ2v) is 4.02. The third-order valence-electron chi connectivity index (χ3n) is 2.61. The molecule has 0 spiro atoms. The number of ether oxygens (including phenoxy) is 2. The highest BCUT2D eigenvalue weighted by Gasteiger charge is 2.32. The summed E-state index contributed by atoms with van der Waals surface area (Å²) in [6.07, 6.45) is -0.278. The van der Waals surface area contributed by atoms with E-state index in [0.717, 1.165) is 5.56 Å². The van der Waals surface area contributed by atoms with Gasteiger partial charge in [0, 0.05) is 6.92 Å². The van der Waals surface area contributed by atoms with Gasteiger partial charge in [0.15, 0.2) is 11.9 Å². The van der Waals surface area contributed by atoms with Crippen LogP contribution < -0.4 is 0 Å². The second kappa shape index (κ2) is 5.10. The van der Waals surface area contributed by atoms with Crippen LogP contribution in [0.15, 0.2) is 35.3 Å². The molecule has 4 nitrogen and oxygen atoms in total. The van der Waals surface area contributed by atoms with Gasteiger partial charge in [-0.05, 0) is 12.5 Å². The van der Waals surface area contributed by atoms with Gasteiger partial charge in [-0.1, -0.05) is 30.3 Å². The SMILES string of the molecule is CC1=NC([C@H](C)OCc2ccccc2)C(=O)O1. The lowest BCUT2D eigenvalue weighted by Crippen LogP contribution is -2.29. The van der Waals surface area contributed by atoms with E-state index >= 15 is 0 Å². The Morgan fingerprint density at radius 3 is 2.71 bits per heavy atom. The first-order valence-corrected chi connectivity index (χ1v) is 5.58. The van der Waals surface area contributed by atoms with Crippen molar-refractivity contribution in [2.75, 3.05) is 0 Å². The Morgan fingerprint density at radius 1 is 1.41 bits per heavy atom. The summed E-state index contributed by atoms with van der Waals surface area (Å²) < 4.78 is 10.5. The average Bonchev–Trinajstić information content (AvgIpc) is 2.67. The summed E-state index contributed by atoms with van der Waals surface area (Å²) in [5, 5.41) is 0. The lowest BCUT2D eigenvalue weighted by molar-refractivity contribution is -0.138. The maximum Gasteiger partial charge on any atom is 0.340 e. The zero-order valence-corrected chi connectivity index (χ0v) is 9.92. The summed E-state index contributed by atoms with van der Waals surface area (Å²) in [6, 6.07) is 9.29. The molecule has 0 N–H and O–H groups in total. The van der Waals surface area contributed by atoms with Gasteiger partial charge in [-0.2, -0.15) is 0 Å². The van der Waals surface area contributed by atoms with Crippen molar-refractivity contribution in [1.82, 2.24) is 0 Å². The molecule has 17 heavy (non-hydrogen) atoms. The number of esters is 1. The summed E-state index contributed by atoms with van der Waals surface area (Å²) in [4.78, 5) is 15.5. The van der Waals surface area contributed by atoms with Gasteiger partial charge in [-0.3, -0.25) is 0 Å². The van der Waals surface area contributed by atoms with E-state index in [9.17, 15) is 4.79 Å². The van der Waals surface area contributed by atoms with Crippen LogP contribution >= 0.6 is 0 Å². The Bertz CT molecular complexity index is 428. The van der Waals surface area contributed by atoms with E-state index in [0.29, 0.717) is 12.5 Å². The van der Waals surface area contributed by atoms with Crippen molar-refractivity contribution in [2.24, 2.45) is 4.99 Å². The van der Waals surface area contributed by atoms with Crippen LogP contribution in [-0.2, 0) is 20.9 Å². The highest BCUT2D eigenvalue weighted by Crippen LogP contribution is 2.14. The zero-order valence-electron chi connectivity index (χ0n) is 9.92. The first-order valence-electron chi connectivity index (χ1n) is 5.58. The number of nitrogens with zero attached hydrogens (tertiary/aromatic N) is 1. The Morgan fingerprint density at radius 2 is 2.12 bits per heavy atom. The topological polar surface area (TPSA) is 47.9 Å². The summed E-state index contributed by atoms with van der Waals surface area (Å²) in [6.45, 7) is 3.97. The summed E-state index contributed by atoms with van der Waals surface area (Å²) in [7, 11) is 0. The molecule has 2 atom stereocenters. The van der Waals surface area contributed by atoms with Crippen LogP contribution in [0.2, 0.25) is 0 Å². The number of carbonyl (C=O) groups excluding carboxylic acids is 1. The van der Waals surface area contributed by atoms with Gasteiger partial charge < -0.3 is 9.47 Å². The van der Waals surface area contributed by atoms with E-state index in [1.807, 2.05) is 37.3 Å². The molecule has 0 saturated heterocycles. The van der Waals surface area contributed by atoms with Crippen LogP contribution in [0.5, 0.6) is 0 Å². The number of carbonyl (C=O) groups is 1. The molecule has 1 aromatic rings. The van der Waals surface area contributed by atoms with Gasteiger partial charge >= 0.3 is 5.97 Å². The number of rotatable bonds is 4. The van der Waals surface area contributed by atoms with Crippen LogP contribution in [-0.4, -0.2) is 24.0 Å². The van der Waals surface area contributed by atoms with Crippen molar-refractivity contribution in [2.45, 2.75) is 32.6 Å². The molecule has 0 aromatic heterocycles. The predicted octanol–water partition coefficient (Wildman–Crippen LogP) is 1.94. The molecule has 2 rings (SSSR count). The maximum absolute atomic E-state index is 11.4. The van der Waals surface area contributed by atoms with E-state index in [1.54, 1.807) is 6.92 Å². The Kier molecular flexibility index (Phi) is 3.54. The first-order chi connectivity index (χ1) is 8.16. The second-order valence-electron chi connectivity index (χ2n) is 4.02. The lowest BCUT2D eigenvalue weighted by atomic mass is 10.2. The van der Waals surface area contributed by atoms with E-state index in [-0.39, 0.29) is 12.1 Å². The third kappa shape index (κ3) is 2.91. The maximum atomic E-state index is 11.4.